The Kier molecular flexibility index (Phi) is 6.68. The number of ether oxygens (including phenoxy) is 7. The molecule has 7 nitrogen and oxygen atoms in total. The molecule has 4 rings (SSSR count). The van der Waals surface area contributed by atoms with Crippen molar-refractivity contribution in [3.8, 4) is 40.2 Å². The highest BCUT2D eigenvalue weighted by Gasteiger charge is 2.20. The molecule has 7 heteroatoms. The molecule has 0 fully saturated rings. The monoisotopic (exact) mass is 452 g/mol. The van der Waals surface area contributed by atoms with Gasteiger partial charge in [0.2, 0.25) is 6.79 Å². The molecule has 0 atom stereocenters. The summed E-state index contributed by atoms with van der Waals surface area (Å²) in [4.78, 5) is 0. The Labute approximate surface area is 193 Å². The van der Waals surface area contributed by atoms with Crippen molar-refractivity contribution in [3.63, 3.8) is 0 Å². The predicted molar refractivity (Wildman–Crippen MR) is 124 cm³/mol. The normalized spacial score (nSPS) is 11.8. The fourth-order valence-corrected chi connectivity index (χ4v) is 4.00. The van der Waals surface area contributed by atoms with Gasteiger partial charge in [0, 0.05) is 18.1 Å². The van der Waals surface area contributed by atoms with E-state index < -0.39 is 0 Å². The maximum atomic E-state index is 5.64. The van der Waals surface area contributed by atoms with Crippen LogP contribution < -0.4 is 33.2 Å². The van der Waals surface area contributed by atoms with E-state index in [1.165, 1.54) is 0 Å². The number of hydrogen-bond acceptors (Lipinski definition) is 7. The van der Waals surface area contributed by atoms with Crippen LogP contribution in [0.2, 0.25) is 0 Å². The molecule has 1 aliphatic rings. The van der Waals surface area contributed by atoms with Gasteiger partial charge in [-0.3, -0.25) is 0 Å². The average Bonchev–Trinajstić information content (AvgIpc) is 3.31. The summed E-state index contributed by atoms with van der Waals surface area (Å²) in [6.07, 6.45) is 1.28. The van der Waals surface area contributed by atoms with Gasteiger partial charge in [-0.25, -0.2) is 0 Å². The molecule has 0 spiro atoms. The zero-order valence-corrected chi connectivity index (χ0v) is 19.5. The number of rotatable bonds is 9. The first-order valence-corrected chi connectivity index (χ1v) is 10.5. The third-order valence-corrected chi connectivity index (χ3v) is 5.70. The highest BCUT2D eigenvalue weighted by molar-refractivity contribution is 5.56. The van der Waals surface area contributed by atoms with Crippen LogP contribution in [0.25, 0.3) is 0 Å². The lowest BCUT2D eigenvalue weighted by atomic mass is 9.93. The van der Waals surface area contributed by atoms with Gasteiger partial charge in [-0.05, 0) is 53.4 Å². The highest BCUT2D eigenvalue weighted by Crippen LogP contribution is 2.40. The molecule has 0 aromatic heterocycles. The van der Waals surface area contributed by atoms with Crippen molar-refractivity contribution in [1.29, 1.82) is 0 Å². The molecule has 0 bridgehead atoms. The highest BCUT2D eigenvalue weighted by atomic mass is 16.7. The van der Waals surface area contributed by atoms with Gasteiger partial charge in [-0.15, -0.1) is 0 Å². The van der Waals surface area contributed by atoms with Crippen LogP contribution in [0.3, 0.4) is 0 Å². The van der Waals surface area contributed by atoms with E-state index in [9.17, 15) is 0 Å². The lowest BCUT2D eigenvalue weighted by molar-refractivity contribution is 0.174. The third kappa shape index (κ3) is 4.58. The Morgan fingerprint density at radius 3 is 1.70 bits per heavy atom. The van der Waals surface area contributed by atoms with Gasteiger partial charge in [0.1, 0.15) is 5.75 Å². The topological polar surface area (TPSA) is 64.6 Å². The fourth-order valence-electron chi connectivity index (χ4n) is 4.00. The van der Waals surface area contributed by atoms with Crippen LogP contribution in [-0.4, -0.2) is 42.3 Å². The van der Waals surface area contributed by atoms with Crippen molar-refractivity contribution in [3.05, 3.63) is 64.7 Å². The second-order valence-corrected chi connectivity index (χ2v) is 7.54. The minimum Gasteiger partial charge on any atom is -0.496 e. The Morgan fingerprint density at radius 2 is 1.09 bits per heavy atom. The van der Waals surface area contributed by atoms with E-state index in [-0.39, 0.29) is 6.79 Å². The van der Waals surface area contributed by atoms with E-state index in [4.69, 9.17) is 33.2 Å². The van der Waals surface area contributed by atoms with Crippen molar-refractivity contribution >= 4 is 0 Å². The SMILES string of the molecule is COc1cc2c(cc1Cc1cc(OC)c(OC)cc1Cc1ccc(OC)c(OC)c1)OCO2. The van der Waals surface area contributed by atoms with Crippen molar-refractivity contribution in [1.82, 2.24) is 0 Å². The summed E-state index contributed by atoms with van der Waals surface area (Å²) in [6, 6.07) is 13.8. The van der Waals surface area contributed by atoms with E-state index in [0.29, 0.717) is 47.3 Å². The number of fused-ring (bicyclic) bond motifs is 1. The Morgan fingerprint density at radius 1 is 0.545 bits per heavy atom. The second-order valence-electron chi connectivity index (χ2n) is 7.54. The van der Waals surface area contributed by atoms with Crippen LogP contribution in [0.1, 0.15) is 22.3 Å². The van der Waals surface area contributed by atoms with E-state index in [2.05, 4.69) is 0 Å². The smallest absolute Gasteiger partial charge is 0.231 e. The van der Waals surface area contributed by atoms with Gasteiger partial charge in [0.25, 0.3) is 0 Å². The largest absolute Gasteiger partial charge is 0.496 e. The summed E-state index contributed by atoms with van der Waals surface area (Å²) < 4.78 is 38.7. The average molecular weight is 453 g/mol. The van der Waals surface area contributed by atoms with E-state index in [1.807, 2.05) is 42.5 Å². The first kappa shape index (κ1) is 22.5. The lowest BCUT2D eigenvalue weighted by Crippen LogP contribution is -2.02. The predicted octanol–water partition coefficient (Wildman–Crippen LogP) is 4.64. The standard InChI is InChI=1S/C26H28O7/c1-27-20-7-6-16(9-22(20)29-3)8-17-11-23(30-4)24(31-5)12-18(17)10-19-13-25-26(33-15-32-25)14-21(19)28-2/h6-7,9,11-14H,8,10,15H2,1-5H3. The molecule has 0 saturated heterocycles. The second kappa shape index (κ2) is 9.81. The first-order chi connectivity index (χ1) is 16.1. The van der Waals surface area contributed by atoms with Gasteiger partial charge in [0.05, 0.1) is 35.5 Å². The molecule has 3 aromatic rings. The summed E-state index contributed by atoms with van der Waals surface area (Å²) in [5.41, 5.74) is 4.25. The van der Waals surface area contributed by atoms with Crippen LogP contribution in [0.5, 0.6) is 40.2 Å². The quantitative estimate of drug-likeness (QED) is 0.469. The molecule has 0 N–H and O–H groups in total. The van der Waals surface area contributed by atoms with Gasteiger partial charge in [-0.1, -0.05) is 6.07 Å². The molecule has 3 aromatic carbocycles. The van der Waals surface area contributed by atoms with Crippen molar-refractivity contribution < 1.29 is 33.2 Å². The minimum atomic E-state index is 0.211. The maximum Gasteiger partial charge on any atom is 0.231 e. The lowest BCUT2D eigenvalue weighted by Gasteiger charge is -2.17. The van der Waals surface area contributed by atoms with Crippen molar-refractivity contribution in [2.75, 3.05) is 42.3 Å². The molecule has 0 amide bonds. The number of methoxy groups -OCH3 is 5. The summed E-state index contributed by atoms with van der Waals surface area (Å²) >= 11 is 0. The molecule has 0 unspecified atom stereocenters. The fraction of sp³-hybridized carbons (Fsp3) is 0.308. The van der Waals surface area contributed by atoms with Gasteiger partial charge in [0.15, 0.2) is 34.5 Å². The molecule has 0 saturated carbocycles. The summed E-state index contributed by atoms with van der Waals surface area (Å²) in [7, 11) is 8.19. The van der Waals surface area contributed by atoms with Crippen LogP contribution in [-0.2, 0) is 12.8 Å². The van der Waals surface area contributed by atoms with Gasteiger partial charge in [-0.2, -0.15) is 0 Å². The van der Waals surface area contributed by atoms with Crippen LogP contribution in [0, 0.1) is 0 Å². The van der Waals surface area contributed by atoms with Crippen molar-refractivity contribution in [2.45, 2.75) is 12.8 Å². The Balaban J connectivity index is 1.75. The first-order valence-electron chi connectivity index (χ1n) is 10.5. The molecule has 174 valence electrons. The van der Waals surface area contributed by atoms with Crippen molar-refractivity contribution in [2.24, 2.45) is 0 Å². The Bertz CT molecular complexity index is 1140. The maximum absolute atomic E-state index is 5.64. The molecule has 1 heterocycles. The third-order valence-electron chi connectivity index (χ3n) is 5.70. The number of hydrogen-bond donors (Lipinski definition) is 0. The zero-order chi connectivity index (χ0) is 23.4. The summed E-state index contributed by atoms with van der Waals surface area (Å²) in [5.74, 6) is 4.87. The van der Waals surface area contributed by atoms with E-state index in [1.54, 1.807) is 35.5 Å². The molecule has 1 aliphatic heterocycles. The van der Waals surface area contributed by atoms with E-state index in [0.717, 1.165) is 28.0 Å². The molecular formula is C26H28O7. The molecule has 0 aliphatic carbocycles. The van der Waals surface area contributed by atoms with E-state index >= 15 is 0 Å². The van der Waals surface area contributed by atoms with Gasteiger partial charge < -0.3 is 33.2 Å². The summed E-state index contributed by atoms with van der Waals surface area (Å²) in [5, 5.41) is 0. The summed E-state index contributed by atoms with van der Waals surface area (Å²) in [6.45, 7) is 0.211. The minimum absolute atomic E-state index is 0.211. The Hall–Kier alpha value is -3.74. The molecule has 0 radical (unpaired) electrons. The van der Waals surface area contributed by atoms with Gasteiger partial charge >= 0.3 is 0 Å². The molecule has 33 heavy (non-hydrogen) atoms. The molecular weight excluding hydrogens is 424 g/mol. The van der Waals surface area contributed by atoms with Crippen LogP contribution in [0.15, 0.2) is 42.5 Å². The number of benzene rings is 3. The van der Waals surface area contributed by atoms with Crippen LogP contribution in [0.4, 0.5) is 0 Å². The van der Waals surface area contributed by atoms with Crippen LogP contribution >= 0.6 is 0 Å². The zero-order valence-electron chi connectivity index (χ0n) is 19.5.